The Kier molecular flexibility index (Phi) is 5.70. The fraction of sp³-hybridized carbons (Fsp3) is 0.333. The molecule has 3 aromatic rings. The number of benzene rings is 1. The lowest BCUT2D eigenvalue weighted by Gasteiger charge is -2.19. The van der Waals surface area contributed by atoms with Gasteiger partial charge in [0.05, 0.1) is 18.0 Å². The monoisotopic (exact) mass is 417 g/mol. The maximum Gasteiger partial charge on any atom is 0.239 e. The highest BCUT2D eigenvalue weighted by atomic mass is 32.2. The smallest absolute Gasteiger partial charge is 0.239 e. The maximum atomic E-state index is 13.0. The van der Waals surface area contributed by atoms with Crippen LogP contribution in [-0.2, 0) is 24.2 Å². The molecule has 0 radical (unpaired) electrons. The molecule has 2 aromatic heterocycles. The van der Waals surface area contributed by atoms with E-state index in [1.807, 2.05) is 30.3 Å². The van der Waals surface area contributed by atoms with E-state index in [2.05, 4.69) is 10.2 Å². The Hall–Kier alpha value is -1.97. The minimum atomic E-state index is 0.0173. The summed E-state index contributed by atoms with van der Waals surface area (Å²) in [5.41, 5.74) is 7.87. The number of hydrogen-bond acceptors (Lipinski definition) is 8. The van der Waals surface area contributed by atoms with E-state index in [9.17, 15) is 4.79 Å². The van der Waals surface area contributed by atoms with Crippen LogP contribution in [0.15, 0.2) is 34.7 Å². The SMILES string of the molecule is Nc1nnc(SCC(=O)N(Cc2ccccc2)c2nc3c(s2)CCCC3)s1. The van der Waals surface area contributed by atoms with Crippen LogP contribution < -0.4 is 10.6 Å². The third kappa shape index (κ3) is 4.48. The second-order valence-corrected chi connectivity index (χ2v) is 9.53. The van der Waals surface area contributed by atoms with Gasteiger partial charge in [0, 0.05) is 4.88 Å². The first-order valence-electron chi connectivity index (χ1n) is 8.73. The lowest BCUT2D eigenvalue weighted by atomic mass is 10.0. The number of thioether (sulfide) groups is 1. The number of nitrogens with zero attached hydrogens (tertiary/aromatic N) is 4. The van der Waals surface area contributed by atoms with Crippen molar-refractivity contribution >= 4 is 50.6 Å². The Bertz CT molecular complexity index is 901. The van der Waals surface area contributed by atoms with Crippen molar-refractivity contribution < 1.29 is 4.79 Å². The van der Waals surface area contributed by atoms with Gasteiger partial charge in [-0.05, 0) is 31.2 Å². The highest BCUT2D eigenvalue weighted by molar-refractivity contribution is 8.01. The molecular formula is C18H19N5OS3. The molecule has 0 unspecified atom stereocenters. The molecule has 27 heavy (non-hydrogen) atoms. The summed E-state index contributed by atoms with van der Waals surface area (Å²) >= 11 is 4.32. The van der Waals surface area contributed by atoms with E-state index in [-0.39, 0.29) is 11.7 Å². The molecule has 140 valence electrons. The standard InChI is InChI=1S/C18H19N5OS3/c19-16-21-22-18(27-16)25-11-15(24)23(10-12-6-2-1-3-7-12)17-20-13-8-4-5-9-14(13)26-17/h1-3,6-7H,4-5,8-11H2,(H2,19,21). The summed E-state index contributed by atoms with van der Waals surface area (Å²) in [6, 6.07) is 10.0. The number of nitrogens with two attached hydrogens (primary N) is 1. The number of aromatic nitrogens is 3. The molecule has 0 saturated carbocycles. The van der Waals surface area contributed by atoms with E-state index < -0.39 is 0 Å². The summed E-state index contributed by atoms with van der Waals surface area (Å²) in [4.78, 5) is 21.0. The van der Waals surface area contributed by atoms with Crippen LogP contribution in [0, 0.1) is 0 Å². The summed E-state index contributed by atoms with van der Waals surface area (Å²) in [5, 5.41) is 8.99. The fourth-order valence-electron chi connectivity index (χ4n) is 2.96. The van der Waals surface area contributed by atoms with Gasteiger partial charge in [0.25, 0.3) is 0 Å². The predicted molar refractivity (Wildman–Crippen MR) is 111 cm³/mol. The van der Waals surface area contributed by atoms with Crippen molar-refractivity contribution in [3.05, 3.63) is 46.5 Å². The van der Waals surface area contributed by atoms with Crippen molar-refractivity contribution in [1.82, 2.24) is 15.2 Å². The lowest BCUT2D eigenvalue weighted by Crippen LogP contribution is -2.31. The third-order valence-corrected chi connectivity index (χ3v) is 7.34. The number of aryl methyl sites for hydroxylation is 2. The summed E-state index contributed by atoms with van der Waals surface area (Å²) in [7, 11) is 0. The second kappa shape index (κ2) is 8.37. The van der Waals surface area contributed by atoms with E-state index in [1.165, 1.54) is 40.8 Å². The van der Waals surface area contributed by atoms with Crippen LogP contribution in [0.3, 0.4) is 0 Å². The molecule has 1 aliphatic carbocycles. The molecule has 0 bridgehead atoms. The number of thiazole rings is 1. The topological polar surface area (TPSA) is 85.0 Å². The lowest BCUT2D eigenvalue weighted by molar-refractivity contribution is -0.116. The molecule has 4 rings (SSSR count). The average molecular weight is 418 g/mol. The molecule has 0 saturated heterocycles. The third-order valence-electron chi connectivity index (χ3n) is 4.29. The zero-order valence-corrected chi connectivity index (χ0v) is 17.1. The van der Waals surface area contributed by atoms with Crippen LogP contribution in [0.2, 0.25) is 0 Å². The number of carbonyl (C=O) groups is 1. The van der Waals surface area contributed by atoms with Gasteiger partial charge in [0.15, 0.2) is 9.47 Å². The van der Waals surface area contributed by atoms with Gasteiger partial charge in [-0.1, -0.05) is 53.4 Å². The van der Waals surface area contributed by atoms with E-state index >= 15 is 0 Å². The van der Waals surface area contributed by atoms with Crippen molar-refractivity contribution in [2.24, 2.45) is 0 Å². The first-order valence-corrected chi connectivity index (χ1v) is 11.4. The Morgan fingerprint density at radius 2 is 1.96 bits per heavy atom. The zero-order valence-electron chi connectivity index (χ0n) is 14.6. The molecule has 6 nitrogen and oxygen atoms in total. The van der Waals surface area contributed by atoms with Gasteiger partial charge in [-0.2, -0.15) is 0 Å². The minimum absolute atomic E-state index is 0.0173. The number of carbonyl (C=O) groups excluding carboxylic acids is 1. The highest BCUT2D eigenvalue weighted by Gasteiger charge is 2.24. The number of rotatable bonds is 6. The van der Waals surface area contributed by atoms with Gasteiger partial charge in [0.1, 0.15) is 0 Å². The van der Waals surface area contributed by atoms with Gasteiger partial charge in [0.2, 0.25) is 11.0 Å². The Balaban J connectivity index is 1.55. The Morgan fingerprint density at radius 1 is 1.15 bits per heavy atom. The summed E-state index contributed by atoms with van der Waals surface area (Å²) in [6.07, 6.45) is 4.46. The van der Waals surface area contributed by atoms with Gasteiger partial charge in [-0.3, -0.25) is 9.69 Å². The van der Waals surface area contributed by atoms with Crippen molar-refractivity contribution in [2.45, 2.75) is 36.6 Å². The molecule has 0 fully saturated rings. The molecule has 0 spiro atoms. The van der Waals surface area contributed by atoms with Crippen LogP contribution in [0.4, 0.5) is 10.3 Å². The Morgan fingerprint density at radius 3 is 2.70 bits per heavy atom. The van der Waals surface area contributed by atoms with Crippen LogP contribution in [-0.4, -0.2) is 26.8 Å². The van der Waals surface area contributed by atoms with E-state index in [0.29, 0.717) is 16.0 Å². The van der Waals surface area contributed by atoms with E-state index in [0.717, 1.165) is 29.2 Å². The van der Waals surface area contributed by atoms with E-state index in [4.69, 9.17) is 10.7 Å². The molecule has 0 aliphatic heterocycles. The van der Waals surface area contributed by atoms with Crippen molar-refractivity contribution in [3.63, 3.8) is 0 Å². The first-order chi connectivity index (χ1) is 13.2. The normalized spacial score (nSPS) is 13.3. The Labute approximate surface area is 169 Å². The molecule has 9 heteroatoms. The van der Waals surface area contributed by atoms with Gasteiger partial charge in [-0.25, -0.2) is 4.98 Å². The maximum absolute atomic E-state index is 13.0. The molecule has 2 N–H and O–H groups in total. The predicted octanol–water partition coefficient (Wildman–Crippen LogP) is 3.78. The average Bonchev–Trinajstić information content (AvgIpc) is 3.30. The van der Waals surface area contributed by atoms with Crippen LogP contribution in [0.25, 0.3) is 0 Å². The zero-order chi connectivity index (χ0) is 18.6. The van der Waals surface area contributed by atoms with Gasteiger partial charge in [-0.15, -0.1) is 21.5 Å². The molecule has 1 aromatic carbocycles. The first kappa shape index (κ1) is 18.4. The second-order valence-electron chi connectivity index (χ2n) is 6.23. The van der Waals surface area contributed by atoms with Crippen molar-refractivity contribution in [3.8, 4) is 0 Å². The molecule has 1 aliphatic rings. The quantitative estimate of drug-likeness (QED) is 0.615. The molecule has 1 amide bonds. The molecule has 0 atom stereocenters. The van der Waals surface area contributed by atoms with E-state index in [1.54, 1.807) is 16.2 Å². The number of anilines is 2. The minimum Gasteiger partial charge on any atom is -0.374 e. The van der Waals surface area contributed by atoms with Crippen molar-refractivity contribution in [1.29, 1.82) is 0 Å². The summed E-state index contributed by atoms with van der Waals surface area (Å²) < 4.78 is 0.707. The van der Waals surface area contributed by atoms with Crippen LogP contribution in [0.5, 0.6) is 0 Å². The van der Waals surface area contributed by atoms with Gasteiger partial charge >= 0.3 is 0 Å². The molecule has 2 heterocycles. The number of amides is 1. The van der Waals surface area contributed by atoms with Crippen LogP contribution >= 0.6 is 34.4 Å². The summed E-state index contributed by atoms with van der Waals surface area (Å²) in [6.45, 7) is 0.519. The fourth-order valence-corrected chi connectivity index (χ4v) is 5.64. The summed E-state index contributed by atoms with van der Waals surface area (Å²) in [5.74, 6) is 0.301. The molecular weight excluding hydrogens is 398 g/mol. The van der Waals surface area contributed by atoms with Gasteiger partial charge < -0.3 is 5.73 Å². The number of nitrogen functional groups attached to an aromatic ring is 1. The number of fused-ring (bicyclic) bond motifs is 1. The largest absolute Gasteiger partial charge is 0.374 e. The number of hydrogen-bond donors (Lipinski definition) is 1. The highest BCUT2D eigenvalue weighted by Crippen LogP contribution is 2.33. The van der Waals surface area contributed by atoms with Crippen LogP contribution in [0.1, 0.15) is 29.0 Å². The van der Waals surface area contributed by atoms with Crippen molar-refractivity contribution in [2.75, 3.05) is 16.4 Å².